The second-order valence-corrected chi connectivity index (χ2v) is 11.1. The summed E-state index contributed by atoms with van der Waals surface area (Å²) in [5.74, 6) is 3.46. The summed E-state index contributed by atoms with van der Waals surface area (Å²) >= 11 is 1.57. The normalized spacial score (nSPS) is 34.6. The molecule has 0 N–H and O–H groups in total. The lowest BCUT2D eigenvalue weighted by Crippen LogP contribution is -2.49. The van der Waals surface area contributed by atoms with Crippen molar-refractivity contribution in [3.8, 4) is 12.8 Å². The zero-order chi connectivity index (χ0) is 23.4. The summed E-state index contributed by atoms with van der Waals surface area (Å²) in [5.41, 5.74) is 1.61. The SMILES string of the molecule is C#C.CCC12CCC3C4CCC(=O)C=C4CCC3C1CCC2OC(=O)CSc1ccccc1. The van der Waals surface area contributed by atoms with Gasteiger partial charge >= 0.3 is 5.97 Å². The Hall–Kier alpha value is -1.99. The number of esters is 1. The molecule has 0 bridgehead atoms. The van der Waals surface area contributed by atoms with Crippen LogP contribution in [0.5, 0.6) is 0 Å². The summed E-state index contributed by atoms with van der Waals surface area (Å²) in [6.07, 6.45) is 19.9. The molecule has 0 amide bonds. The Labute approximate surface area is 203 Å². The molecule has 0 heterocycles. The van der Waals surface area contributed by atoms with E-state index >= 15 is 0 Å². The highest BCUT2D eigenvalue weighted by atomic mass is 32.2. The topological polar surface area (TPSA) is 43.4 Å². The van der Waals surface area contributed by atoms with Crippen LogP contribution in [-0.4, -0.2) is 23.6 Å². The highest BCUT2D eigenvalue weighted by Crippen LogP contribution is 2.63. The number of carbonyl (C=O) groups excluding carboxylic acids is 2. The first-order chi connectivity index (χ1) is 16.1. The number of terminal acetylenes is 1. The lowest BCUT2D eigenvalue weighted by atomic mass is 9.51. The molecule has 3 saturated carbocycles. The average Bonchev–Trinajstić information content (AvgIpc) is 3.23. The summed E-state index contributed by atoms with van der Waals surface area (Å²) in [7, 11) is 0. The van der Waals surface area contributed by atoms with Gasteiger partial charge in [-0.1, -0.05) is 30.7 Å². The number of benzene rings is 1. The van der Waals surface area contributed by atoms with E-state index < -0.39 is 0 Å². The van der Waals surface area contributed by atoms with E-state index in [1.54, 1.807) is 11.8 Å². The molecule has 1 aromatic rings. The van der Waals surface area contributed by atoms with Crippen molar-refractivity contribution < 1.29 is 14.3 Å². The third-order valence-corrected chi connectivity index (χ3v) is 9.95. The van der Waals surface area contributed by atoms with Crippen LogP contribution in [0.3, 0.4) is 0 Å². The maximum absolute atomic E-state index is 12.7. The third kappa shape index (κ3) is 4.67. The summed E-state index contributed by atoms with van der Waals surface area (Å²) in [5, 5.41) is 0. The smallest absolute Gasteiger partial charge is 0.316 e. The fourth-order valence-electron chi connectivity index (χ4n) is 7.64. The van der Waals surface area contributed by atoms with Crippen molar-refractivity contribution in [1.82, 2.24) is 0 Å². The molecule has 4 aliphatic carbocycles. The van der Waals surface area contributed by atoms with E-state index in [2.05, 4.69) is 19.8 Å². The minimum atomic E-state index is -0.0610. The lowest BCUT2D eigenvalue weighted by molar-refractivity contribution is -0.157. The fraction of sp³-hybridized carbons (Fsp3) is 0.586. The van der Waals surface area contributed by atoms with E-state index in [1.165, 1.54) is 31.3 Å². The van der Waals surface area contributed by atoms with Gasteiger partial charge in [0.25, 0.3) is 0 Å². The van der Waals surface area contributed by atoms with Crippen LogP contribution in [0.4, 0.5) is 0 Å². The Bertz CT molecular complexity index is 904. The van der Waals surface area contributed by atoms with Gasteiger partial charge in [-0.3, -0.25) is 9.59 Å². The number of thioether (sulfide) groups is 1. The zero-order valence-corrected chi connectivity index (χ0v) is 20.5. The predicted octanol–water partition coefficient (Wildman–Crippen LogP) is 6.47. The van der Waals surface area contributed by atoms with Crippen LogP contribution >= 0.6 is 11.8 Å². The molecule has 0 aromatic heterocycles. The van der Waals surface area contributed by atoms with Crippen LogP contribution in [0, 0.1) is 41.9 Å². The van der Waals surface area contributed by atoms with Gasteiger partial charge in [-0.15, -0.1) is 24.6 Å². The molecule has 176 valence electrons. The minimum absolute atomic E-state index is 0.0610. The molecular weight excluding hydrogens is 428 g/mol. The predicted molar refractivity (Wildman–Crippen MR) is 134 cm³/mol. The number of hydrogen-bond acceptors (Lipinski definition) is 4. The summed E-state index contributed by atoms with van der Waals surface area (Å²) in [4.78, 5) is 25.8. The van der Waals surface area contributed by atoms with E-state index in [1.807, 2.05) is 36.4 Å². The molecule has 3 nitrogen and oxygen atoms in total. The van der Waals surface area contributed by atoms with Crippen molar-refractivity contribution in [1.29, 1.82) is 0 Å². The maximum atomic E-state index is 12.7. The van der Waals surface area contributed by atoms with Crippen molar-refractivity contribution in [3.05, 3.63) is 42.0 Å². The largest absolute Gasteiger partial charge is 0.461 e. The Morgan fingerprint density at radius 2 is 1.85 bits per heavy atom. The number of allylic oxidation sites excluding steroid dienone is 1. The van der Waals surface area contributed by atoms with E-state index in [-0.39, 0.29) is 17.5 Å². The van der Waals surface area contributed by atoms with Gasteiger partial charge in [-0.25, -0.2) is 0 Å². The number of hydrogen-bond donors (Lipinski definition) is 0. The number of fused-ring (bicyclic) bond motifs is 5. The fourth-order valence-corrected chi connectivity index (χ4v) is 8.34. The molecule has 0 aliphatic heterocycles. The highest BCUT2D eigenvalue weighted by Gasteiger charge is 2.58. The molecule has 6 atom stereocenters. The van der Waals surface area contributed by atoms with Crippen LogP contribution < -0.4 is 0 Å². The first-order valence-corrected chi connectivity index (χ1v) is 13.5. The average molecular weight is 465 g/mol. The van der Waals surface area contributed by atoms with Crippen LogP contribution in [0.25, 0.3) is 0 Å². The zero-order valence-electron chi connectivity index (χ0n) is 19.7. The summed E-state index contributed by atoms with van der Waals surface area (Å²) in [6, 6.07) is 10.1. The second kappa shape index (κ2) is 10.5. The monoisotopic (exact) mass is 464 g/mol. The molecule has 33 heavy (non-hydrogen) atoms. The van der Waals surface area contributed by atoms with Crippen LogP contribution in [0.15, 0.2) is 46.9 Å². The summed E-state index contributed by atoms with van der Waals surface area (Å²) < 4.78 is 6.18. The van der Waals surface area contributed by atoms with Crippen molar-refractivity contribution >= 4 is 23.5 Å². The minimum Gasteiger partial charge on any atom is -0.461 e. The standard InChI is InChI=1S/C27H34O3S.C2H2/c1-2-27-15-14-22-21-11-9-19(28)16-18(21)8-10-23(22)24(27)12-13-25(27)30-26(29)17-31-20-6-4-3-5-7-20;1-2/h3-7,16,21-25H,2,8-15,17H2,1H3;1-2H. The molecule has 4 aliphatic rings. The highest BCUT2D eigenvalue weighted by molar-refractivity contribution is 8.00. The molecule has 1 aromatic carbocycles. The van der Waals surface area contributed by atoms with E-state index in [0.29, 0.717) is 23.4 Å². The maximum Gasteiger partial charge on any atom is 0.316 e. The molecule has 0 saturated heterocycles. The molecule has 4 heteroatoms. The Kier molecular flexibility index (Phi) is 7.69. The number of carbonyl (C=O) groups is 2. The molecule has 0 radical (unpaired) electrons. The Morgan fingerprint density at radius 3 is 2.61 bits per heavy atom. The van der Waals surface area contributed by atoms with Crippen LogP contribution in [0.2, 0.25) is 0 Å². The van der Waals surface area contributed by atoms with E-state index in [9.17, 15) is 9.59 Å². The molecular formula is C29H36O3S. The molecule has 3 fully saturated rings. The second-order valence-electron chi connectivity index (χ2n) is 10.1. The van der Waals surface area contributed by atoms with Gasteiger partial charge in [0.1, 0.15) is 6.10 Å². The van der Waals surface area contributed by atoms with Gasteiger partial charge in [0.15, 0.2) is 5.78 Å². The molecule has 5 rings (SSSR count). The third-order valence-electron chi connectivity index (χ3n) is 8.97. The van der Waals surface area contributed by atoms with Crippen LogP contribution in [0.1, 0.15) is 64.7 Å². The van der Waals surface area contributed by atoms with E-state index in [0.717, 1.165) is 48.8 Å². The van der Waals surface area contributed by atoms with Crippen molar-refractivity contribution in [2.75, 3.05) is 5.75 Å². The van der Waals surface area contributed by atoms with Crippen LogP contribution in [-0.2, 0) is 14.3 Å². The van der Waals surface area contributed by atoms with Crippen molar-refractivity contribution in [2.24, 2.45) is 29.1 Å². The van der Waals surface area contributed by atoms with Gasteiger partial charge < -0.3 is 4.74 Å². The quantitative estimate of drug-likeness (QED) is 0.284. The number of ether oxygens (including phenoxy) is 1. The van der Waals surface area contributed by atoms with Gasteiger partial charge in [-0.2, -0.15) is 0 Å². The van der Waals surface area contributed by atoms with E-state index in [4.69, 9.17) is 4.74 Å². The number of rotatable bonds is 5. The number of ketones is 1. The summed E-state index contributed by atoms with van der Waals surface area (Å²) in [6.45, 7) is 2.31. The molecule has 0 spiro atoms. The molecule has 6 unspecified atom stereocenters. The van der Waals surface area contributed by atoms with Gasteiger partial charge in [0.2, 0.25) is 0 Å². The Balaban J connectivity index is 0.00000126. The first kappa shape index (κ1) is 24.1. The van der Waals surface area contributed by atoms with Crippen molar-refractivity contribution in [3.63, 3.8) is 0 Å². The first-order valence-electron chi connectivity index (χ1n) is 12.5. The van der Waals surface area contributed by atoms with Gasteiger partial charge in [-0.05, 0) is 93.2 Å². The van der Waals surface area contributed by atoms with Crippen molar-refractivity contribution in [2.45, 2.75) is 75.7 Å². The Morgan fingerprint density at radius 1 is 1.06 bits per heavy atom. The lowest BCUT2D eigenvalue weighted by Gasteiger charge is -2.54. The van der Waals surface area contributed by atoms with Gasteiger partial charge in [0.05, 0.1) is 5.75 Å². The van der Waals surface area contributed by atoms with Gasteiger partial charge in [0, 0.05) is 16.7 Å².